The van der Waals surface area contributed by atoms with Crippen LogP contribution in [0.15, 0.2) is 24.3 Å². The van der Waals surface area contributed by atoms with Gasteiger partial charge in [0.05, 0.1) is 0 Å². The van der Waals surface area contributed by atoms with Crippen LogP contribution in [-0.4, -0.2) is 29.1 Å². The maximum absolute atomic E-state index is 12.3. The molecule has 1 atom stereocenters. The van der Waals surface area contributed by atoms with E-state index in [0.29, 0.717) is 0 Å². The summed E-state index contributed by atoms with van der Waals surface area (Å²) in [7, 11) is -7.82. The lowest BCUT2D eigenvalue weighted by Crippen LogP contribution is -2.27. The molecule has 0 amide bonds. The first-order valence-corrected chi connectivity index (χ1v) is 8.34. The third kappa shape index (κ3) is 2.69. The number of rotatable bonds is 5. The molecule has 0 saturated carbocycles. The van der Waals surface area contributed by atoms with Gasteiger partial charge in [0.25, 0.3) is 5.08 Å². The van der Waals surface area contributed by atoms with Gasteiger partial charge in [0, 0.05) is 19.8 Å². The number of benzene rings is 1. The molecule has 0 aliphatic carbocycles. The Hall–Kier alpha value is -0.520. The maximum Gasteiger partial charge on any atom is 0.378 e. The molecule has 108 valence electrons. The van der Waals surface area contributed by atoms with Gasteiger partial charge in [-0.2, -0.15) is 0 Å². The van der Waals surface area contributed by atoms with Crippen molar-refractivity contribution >= 4 is 15.2 Å². The first-order valence-electron chi connectivity index (χ1n) is 5.19. The molecule has 19 heavy (non-hydrogen) atoms. The molecule has 0 aliphatic rings. The fourth-order valence-corrected chi connectivity index (χ4v) is 4.97. The second-order valence-corrected chi connectivity index (χ2v) is 8.37. The predicted molar refractivity (Wildman–Crippen MR) is 68.7 cm³/mol. The number of aliphatic hydroxyl groups is 1. The van der Waals surface area contributed by atoms with E-state index in [2.05, 4.69) is 9.05 Å². The van der Waals surface area contributed by atoms with Crippen molar-refractivity contribution in [2.24, 2.45) is 0 Å². The molecule has 0 radical (unpaired) electrons. The standard InChI is InChI=1S/C10H16O7P2/c1-8-4-6-9(7-5-8)10(11,18(12,13)14)19(15,16-2)17-3/h4-7,11H,1-3H3,(H2,12,13,14). The molecule has 0 saturated heterocycles. The molecule has 0 aliphatic heterocycles. The Morgan fingerprint density at radius 3 is 1.79 bits per heavy atom. The van der Waals surface area contributed by atoms with Gasteiger partial charge in [0.15, 0.2) is 0 Å². The molecule has 0 heterocycles. The zero-order valence-electron chi connectivity index (χ0n) is 10.7. The van der Waals surface area contributed by atoms with Crippen molar-refractivity contribution in [2.45, 2.75) is 12.0 Å². The summed E-state index contributed by atoms with van der Waals surface area (Å²) in [6.45, 7) is 1.76. The van der Waals surface area contributed by atoms with Crippen molar-refractivity contribution < 1.29 is 33.1 Å². The summed E-state index contributed by atoms with van der Waals surface area (Å²) >= 11 is 0. The molecule has 9 heteroatoms. The lowest BCUT2D eigenvalue weighted by molar-refractivity contribution is 0.115. The summed E-state index contributed by atoms with van der Waals surface area (Å²) in [5, 5.41) is 7.31. The van der Waals surface area contributed by atoms with Gasteiger partial charge < -0.3 is 23.9 Å². The van der Waals surface area contributed by atoms with Crippen LogP contribution in [0.5, 0.6) is 0 Å². The second-order valence-electron chi connectivity index (χ2n) is 3.91. The van der Waals surface area contributed by atoms with E-state index < -0.39 is 20.3 Å². The van der Waals surface area contributed by atoms with E-state index in [9.17, 15) is 24.0 Å². The molecule has 0 bridgehead atoms. The van der Waals surface area contributed by atoms with Gasteiger partial charge in [-0.1, -0.05) is 29.8 Å². The van der Waals surface area contributed by atoms with Gasteiger partial charge >= 0.3 is 15.2 Å². The van der Waals surface area contributed by atoms with Crippen molar-refractivity contribution in [2.75, 3.05) is 14.2 Å². The summed E-state index contributed by atoms with van der Waals surface area (Å²) in [6.07, 6.45) is 0. The highest BCUT2D eigenvalue weighted by molar-refractivity contribution is 7.72. The third-order valence-electron chi connectivity index (χ3n) is 2.71. The van der Waals surface area contributed by atoms with E-state index in [1.807, 2.05) is 0 Å². The molecule has 1 aromatic rings. The predicted octanol–water partition coefficient (Wildman–Crippen LogP) is 1.76. The minimum Gasteiger partial charge on any atom is -0.364 e. The van der Waals surface area contributed by atoms with E-state index in [1.165, 1.54) is 24.3 Å². The fraction of sp³-hybridized carbons (Fsp3) is 0.400. The minimum absolute atomic E-state index is 0.238. The van der Waals surface area contributed by atoms with Crippen LogP contribution in [0.1, 0.15) is 11.1 Å². The molecule has 3 N–H and O–H groups in total. The van der Waals surface area contributed by atoms with Gasteiger partial charge in [-0.05, 0) is 6.92 Å². The van der Waals surface area contributed by atoms with Gasteiger partial charge in [0.1, 0.15) is 0 Å². The summed E-state index contributed by atoms with van der Waals surface area (Å²) in [4.78, 5) is 18.8. The quantitative estimate of drug-likeness (QED) is 0.710. The Balaban J connectivity index is 3.59. The van der Waals surface area contributed by atoms with Gasteiger partial charge in [-0.25, -0.2) is 0 Å². The van der Waals surface area contributed by atoms with Crippen LogP contribution < -0.4 is 0 Å². The highest BCUT2D eigenvalue weighted by Gasteiger charge is 2.63. The molecule has 0 fully saturated rings. The second kappa shape index (κ2) is 5.46. The number of hydrogen-bond acceptors (Lipinski definition) is 5. The Labute approximate surface area is 110 Å². The van der Waals surface area contributed by atoms with Crippen LogP contribution in [0, 0.1) is 6.92 Å². The molecular weight excluding hydrogens is 294 g/mol. The van der Waals surface area contributed by atoms with Crippen molar-refractivity contribution in [3.8, 4) is 0 Å². The third-order valence-corrected chi connectivity index (χ3v) is 7.28. The lowest BCUT2D eigenvalue weighted by atomic mass is 10.2. The summed E-state index contributed by atoms with van der Waals surface area (Å²) in [5.74, 6) is 0. The van der Waals surface area contributed by atoms with Crippen molar-refractivity contribution in [3.05, 3.63) is 35.4 Å². The molecular formula is C10H16O7P2. The lowest BCUT2D eigenvalue weighted by Gasteiger charge is -2.33. The number of hydrogen-bond donors (Lipinski definition) is 3. The van der Waals surface area contributed by atoms with Crippen LogP contribution >= 0.6 is 15.2 Å². The molecule has 1 aromatic carbocycles. The van der Waals surface area contributed by atoms with Gasteiger partial charge in [-0.3, -0.25) is 9.13 Å². The smallest absolute Gasteiger partial charge is 0.364 e. The molecule has 7 nitrogen and oxygen atoms in total. The van der Waals surface area contributed by atoms with E-state index in [0.717, 1.165) is 19.8 Å². The largest absolute Gasteiger partial charge is 0.378 e. The topological polar surface area (TPSA) is 113 Å². The highest BCUT2D eigenvalue weighted by Crippen LogP contribution is 2.76. The fourth-order valence-electron chi connectivity index (χ4n) is 1.59. The number of aryl methyl sites for hydroxylation is 1. The normalized spacial score (nSPS) is 16.1. The zero-order valence-corrected chi connectivity index (χ0v) is 12.5. The van der Waals surface area contributed by atoms with E-state index in [4.69, 9.17) is 0 Å². The maximum atomic E-state index is 12.3. The molecule has 0 spiro atoms. The molecule has 0 aromatic heterocycles. The van der Waals surface area contributed by atoms with Crippen LogP contribution in [0.25, 0.3) is 0 Å². The van der Waals surface area contributed by atoms with E-state index in [-0.39, 0.29) is 5.56 Å². The summed E-state index contributed by atoms with van der Waals surface area (Å²) < 4.78 is 33.0. The Morgan fingerprint density at radius 1 is 1.05 bits per heavy atom. The molecule has 1 unspecified atom stereocenters. The van der Waals surface area contributed by atoms with Crippen molar-refractivity contribution in [1.82, 2.24) is 0 Å². The minimum atomic E-state index is -5.24. The van der Waals surface area contributed by atoms with Gasteiger partial charge in [-0.15, -0.1) is 0 Å². The highest BCUT2D eigenvalue weighted by atomic mass is 31.2. The first-order chi connectivity index (χ1) is 8.62. The van der Waals surface area contributed by atoms with Crippen LogP contribution in [0.3, 0.4) is 0 Å². The van der Waals surface area contributed by atoms with E-state index in [1.54, 1.807) is 6.92 Å². The molecule has 1 rings (SSSR count). The summed E-state index contributed by atoms with van der Waals surface area (Å²) in [5.41, 5.74) is 0.569. The van der Waals surface area contributed by atoms with Crippen molar-refractivity contribution in [1.29, 1.82) is 0 Å². The Kier molecular flexibility index (Phi) is 4.75. The average Bonchev–Trinajstić information content (AvgIpc) is 2.36. The Morgan fingerprint density at radius 2 is 1.47 bits per heavy atom. The van der Waals surface area contributed by atoms with Crippen LogP contribution in [0.2, 0.25) is 0 Å². The van der Waals surface area contributed by atoms with Crippen LogP contribution in [0.4, 0.5) is 0 Å². The van der Waals surface area contributed by atoms with E-state index >= 15 is 0 Å². The summed E-state index contributed by atoms with van der Waals surface area (Å²) in [6, 6.07) is 5.56. The van der Waals surface area contributed by atoms with Crippen LogP contribution in [-0.2, 0) is 23.3 Å². The first kappa shape index (κ1) is 16.5. The Bertz CT molecular complexity index is 527. The van der Waals surface area contributed by atoms with Gasteiger partial charge in [0.2, 0.25) is 0 Å². The zero-order chi connectivity index (χ0) is 14.9. The monoisotopic (exact) mass is 310 g/mol. The average molecular weight is 310 g/mol. The van der Waals surface area contributed by atoms with Crippen molar-refractivity contribution in [3.63, 3.8) is 0 Å². The SMILES string of the molecule is COP(=O)(OC)C(O)(c1ccc(C)cc1)P(=O)(O)O.